The van der Waals surface area contributed by atoms with Crippen LogP contribution in [0.25, 0.3) is 0 Å². The van der Waals surface area contributed by atoms with Crippen LogP contribution in [0.5, 0.6) is 0 Å². The van der Waals surface area contributed by atoms with Crippen LogP contribution in [-0.2, 0) is 4.79 Å². The van der Waals surface area contributed by atoms with Crippen LogP contribution >= 0.6 is 0 Å². The maximum atomic E-state index is 11.9. The lowest BCUT2D eigenvalue weighted by atomic mass is 9.98. The maximum Gasteiger partial charge on any atom is 0.222 e. The largest absolute Gasteiger partial charge is 0.343 e. The van der Waals surface area contributed by atoms with Gasteiger partial charge in [-0.3, -0.25) is 4.79 Å². The van der Waals surface area contributed by atoms with Crippen LogP contribution in [-0.4, -0.2) is 23.9 Å². The molecule has 0 aromatic heterocycles. The molecule has 0 bridgehead atoms. The van der Waals surface area contributed by atoms with Gasteiger partial charge in [0.1, 0.15) is 0 Å². The van der Waals surface area contributed by atoms with Gasteiger partial charge >= 0.3 is 0 Å². The number of carbonyl (C=O) groups is 1. The summed E-state index contributed by atoms with van der Waals surface area (Å²) >= 11 is 0. The Morgan fingerprint density at radius 1 is 1.25 bits per heavy atom. The van der Waals surface area contributed by atoms with Crippen molar-refractivity contribution in [2.75, 3.05) is 13.1 Å². The normalized spacial score (nSPS) is 18.1. The second kappa shape index (κ2) is 6.93. The van der Waals surface area contributed by atoms with E-state index in [2.05, 4.69) is 25.7 Å². The summed E-state index contributed by atoms with van der Waals surface area (Å²) in [5.74, 6) is 1.96. The number of carbonyl (C=O) groups excluding carboxylic acids is 1. The fraction of sp³-hybridized carbons (Fsp3) is 0.929. The second-order valence-electron chi connectivity index (χ2n) is 5.70. The van der Waals surface area contributed by atoms with E-state index in [1.165, 1.54) is 25.7 Å². The molecule has 0 saturated carbocycles. The molecule has 1 rings (SSSR count). The number of likely N-dealkylation sites (tertiary alicyclic amines) is 1. The van der Waals surface area contributed by atoms with E-state index in [0.29, 0.717) is 5.91 Å². The highest BCUT2D eigenvalue weighted by molar-refractivity contribution is 5.76. The first-order valence-corrected chi connectivity index (χ1v) is 6.87. The summed E-state index contributed by atoms with van der Waals surface area (Å²) in [6.45, 7) is 8.75. The van der Waals surface area contributed by atoms with Gasteiger partial charge in [0, 0.05) is 19.5 Å². The summed E-state index contributed by atoms with van der Waals surface area (Å²) in [5.41, 5.74) is 0. The molecule has 1 aliphatic rings. The molecule has 1 saturated heterocycles. The van der Waals surface area contributed by atoms with Crippen molar-refractivity contribution < 1.29 is 4.79 Å². The van der Waals surface area contributed by atoms with E-state index >= 15 is 0 Å². The minimum Gasteiger partial charge on any atom is -0.343 e. The lowest BCUT2D eigenvalue weighted by Crippen LogP contribution is -2.37. The Morgan fingerprint density at radius 3 is 2.44 bits per heavy atom. The zero-order valence-electron chi connectivity index (χ0n) is 11.2. The molecule has 0 aromatic carbocycles. The van der Waals surface area contributed by atoms with Crippen molar-refractivity contribution in [2.45, 2.75) is 59.3 Å². The quantitative estimate of drug-likeness (QED) is 0.656. The highest BCUT2D eigenvalue weighted by Crippen LogP contribution is 2.17. The fourth-order valence-electron chi connectivity index (χ4n) is 2.24. The Kier molecular flexibility index (Phi) is 5.86. The molecule has 16 heavy (non-hydrogen) atoms. The highest BCUT2D eigenvalue weighted by Gasteiger charge is 2.19. The van der Waals surface area contributed by atoms with Crippen LogP contribution in [0, 0.1) is 11.8 Å². The van der Waals surface area contributed by atoms with Crippen molar-refractivity contribution in [3.8, 4) is 0 Å². The summed E-state index contributed by atoms with van der Waals surface area (Å²) in [4.78, 5) is 13.9. The summed E-state index contributed by atoms with van der Waals surface area (Å²) in [6, 6.07) is 0. The molecule has 2 heteroatoms. The van der Waals surface area contributed by atoms with Gasteiger partial charge in [0.15, 0.2) is 0 Å². The molecule has 0 unspecified atom stereocenters. The molecule has 0 N–H and O–H groups in total. The molecule has 0 spiro atoms. The van der Waals surface area contributed by atoms with Crippen LogP contribution in [0.2, 0.25) is 0 Å². The molecule has 94 valence electrons. The molecular weight excluding hydrogens is 198 g/mol. The monoisotopic (exact) mass is 225 g/mol. The zero-order valence-corrected chi connectivity index (χ0v) is 11.2. The Labute approximate surface area is 100 Å². The SMILES string of the molecule is CC(C)CCCCC(=O)N1CCC(C)CC1. The maximum absolute atomic E-state index is 11.9. The van der Waals surface area contributed by atoms with Gasteiger partial charge in [-0.05, 0) is 31.1 Å². The molecule has 1 amide bonds. The first-order chi connectivity index (χ1) is 7.59. The number of amides is 1. The third kappa shape index (κ3) is 5.00. The standard InChI is InChI=1S/C14H27NO/c1-12(2)6-4-5-7-14(16)15-10-8-13(3)9-11-15/h12-13H,4-11H2,1-3H3. The van der Waals surface area contributed by atoms with E-state index in [1.807, 2.05) is 0 Å². The van der Waals surface area contributed by atoms with Crippen LogP contribution in [0.3, 0.4) is 0 Å². The summed E-state index contributed by atoms with van der Waals surface area (Å²) in [7, 11) is 0. The van der Waals surface area contributed by atoms with E-state index in [1.54, 1.807) is 0 Å². The van der Waals surface area contributed by atoms with Gasteiger partial charge in [0.05, 0.1) is 0 Å². The molecule has 0 atom stereocenters. The molecule has 2 nitrogen and oxygen atoms in total. The summed E-state index contributed by atoms with van der Waals surface area (Å²) in [6.07, 6.45) is 6.68. The first kappa shape index (κ1) is 13.5. The van der Waals surface area contributed by atoms with Crippen molar-refractivity contribution >= 4 is 5.91 Å². The van der Waals surface area contributed by atoms with Crippen LogP contribution in [0.4, 0.5) is 0 Å². The number of hydrogen-bond acceptors (Lipinski definition) is 1. The predicted octanol–water partition coefficient (Wildman–Crippen LogP) is 3.46. The van der Waals surface area contributed by atoms with Gasteiger partial charge < -0.3 is 4.90 Å². The van der Waals surface area contributed by atoms with E-state index in [4.69, 9.17) is 0 Å². The Morgan fingerprint density at radius 2 is 1.88 bits per heavy atom. The van der Waals surface area contributed by atoms with E-state index in [-0.39, 0.29) is 0 Å². The van der Waals surface area contributed by atoms with Crippen molar-refractivity contribution in [3.05, 3.63) is 0 Å². The van der Waals surface area contributed by atoms with Crippen molar-refractivity contribution in [2.24, 2.45) is 11.8 Å². The highest BCUT2D eigenvalue weighted by atomic mass is 16.2. The third-order valence-corrected chi connectivity index (χ3v) is 3.56. The zero-order chi connectivity index (χ0) is 12.0. The molecular formula is C14H27NO. The number of rotatable bonds is 5. The number of unbranched alkanes of at least 4 members (excludes halogenated alkanes) is 1. The topological polar surface area (TPSA) is 20.3 Å². The van der Waals surface area contributed by atoms with E-state index in [9.17, 15) is 4.79 Å². The predicted molar refractivity (Wildman–Crippen MR) is 68.3 cm³/mol. The Bertz CT molecular complexity index is 205. The van der Waals surface area contributed by atoms with E-state index < -0.39 is 0 Å². The Balaban J connectivity index is 2.10. The van der Waals surface area contributed by atoms with Crippen LogP contribution in [0.15, 0.2) is 0 Å². The smallest absolute Gasteiger partial charge is 0.222 e. The lowest BCUT2D eigenvalue weighted by Gasteiger charge is -2.30. The summed E-state index contributed by atoms with van der Waals surface area (Å²) in [5, 5.41) is 0. The molecule has 0 aromatic rings. The van der Waals surface area contributed by atoms with Crippen molar-refractivity contribution in [1.29, 1.82) is 0 Å². The van der Waals surface area contributed by atoms with Gasteiger partial charge in [0.25, 0.3) is 0 Å². The minimum absolute atomic E-state index is 0.385. The van der Waals surface area contributed by atoms with E-state index in [0.717, 1.165) is 37.8 Å². The summed E-state index contributed by atoms with van der Waals surface area (Å²) < 4.78 is 0. The lowest BCUT2D eigenvalue weighted by molar-refractivity contribution is -0.132. The fourth-order valence-corrected chi connectivity index (χ4v) is 2.24. The van der Waals surface area contributed by atoms with Crippen molar-refractivity contribution in [3.63, 3.8) is 0 Å². The van der Waals surface area contributed by atoms with Gasteiger partial charge in [-0.2, -0.15) is 0 Å². The second-order valence-corrected chi connectivity index (χ2v) is 5.70. The Hall–Kier alpha value is -0.530. The van der Waals surface area contributed by atoms with Crippen molar-refractivity contribution in [1.82, 2.24) is 4.90 Å². The van der Waals surface area contributed by atoms with Crippen LogP contribution in [0.1, 0.15) is 59.3 Å². The van der Waals surface area contributed by atoms with Gasteiger partial charge in [-0.15, -0.1) is 0 Å². The molecule has 1 fully saturated rings. The third-order valence-electron chi connectivity index (χ3n) is 3.56. The van der Waals surface area contributed by atoms with Gasteiger partial charge in [-0.25, -0.2) is 0 Å². The number of piperidine rings is 1. The molecule has 0 radical (unpaired) electrons. The van der Waals surface area contributed by atoms with Crippen LogP contribution < -0.4 is 0 Å². The average Bonchev–Trinajstić information content (AvgIpc) is 2.25. The molecule has 1 aliphatic heterocycles. The number of hydrogen-bond donors (Lipinski definition) is 0. The minimum atomic E-state index is 0.385. The van der Waals surface area contributed by atoms with Gasteiger partial charge in [0.2, 0.25) is 5.91 Å². The van der Waals surface area contributed by atoms with Gasteiger partial charge in [-0.1, -0.05) is 33.6 Å². The molecule has 1 heterocycles. The average molecular weight is 225 g/mol. The molecule has 0 aliphatic carbocycles. The first-order valence-electron chi connectivity index (χ1n) is 6.87. The number of nitrogens with zero attached hydrogens (tertiary/aromatic N) is 1.